The Balaban J connectivity index is 2.04. The van der Waals surface area contributed by atoms with Gasteiger partial charge in [-0.25, -0.2) is 0 Å². The summed E-state index contributed by atoms with van der Waals surface area (Å²) in [5.74, 6) is -0.202. The van der Waals surface area contributed by atoms with E-state index in [1.807, 2.05) is 24.3 Å². The maximum Gasteiger partial charge on any atom is 0.251 e. The van der Waals surface area contributed by atoms with E-state index >= 15 is 0 Å². The first-order valence-electron chi connectivity index (χ1n) is 5.95. The number of carbonyl (C=O) groups excluding carboxylic acids is 1. The average Bonchev–Trinajstić information content (AvgIpc) is 2.45. The topological polar surface area (TPSA) is 69.6 Å². The predicted octanol–water partition coefficient (Wildman–Crippen LogP) is 1.81. The van der Waals surface area contributed by atoms with E-state index in [9.17, 15) is 15.0 Å². The van der Waals surface area contributed by atoms with Gasteiger partial charge in [-0.1, -0.05) is 30.3 Å². The zero-order valence-corrected chi connectivity index (χ0v) is 10.3. The van der Waals surface area contributed by atoms with Crippen molar-refractivity contribution in [2.75, 3.05) is 0 Å². The minimum absolute atomic E-state index is 0.0574. The number of amides is 1. The van der Waals surface area contributed by atoms with E-state index in [1.165, 1.54) is 12.1 Å². The zero-order valence-electron chi connectivity index (χ0n) is 10.3. The molecule has 0 heterocycles. The Labute approximate surface area is 111 Å². The third kappa shape index (κ3) is 3.33. The summed E-state index contributed by atoms with van der Waals surface area (Å²) in [6.45, 7) is 0.281. The van der Waals surface area contributed by atoms with Crippen LogP contribution < -0.4 is 5.32 Å². The highest BCUT2D eigenvalue weighted by Gasteiger charge is 2.07. The molecular formula is C15H15NO3. The molecule has 2 aromatic rings. The van der Waals surface area contributed by atoms with Crippen LogP contribution in [0.15, 0.2) is 48.5 Å². The molecule has 0 atom stereocenters. The largest absolute Gasteiger partial charge is 0.508 e. The smallest absolute Gasteiger partial charge is 0.251 e. The lowest BCUT2D eigenvalue weighted by Gasteiger charge is -2.09. The lowest BCUT2D eigenvalue weighted by atomic mass is 10.1. The third-order valence-electron chi connectivity index (χ3n) is 2.84. The average molecular weight is 257 g/mol. The molecule has 0 saturated heterocycles. The van der Waals surface area contributed by atoms with Crippen molar-refractivity contribution in [2.24, 2.45) is 0 Å². The number of aliphatic hydroxyl groups excluding tert-OH is 1. The number of benzene rings is 2. The molecule has 2 rings (SSSR count). The van der Waals surface area contributed by atoms with Gasteiger partial charge >= 0.3 is 0 Å². The van der Waals surface area contributed by atoms with E-state index in [4.69, 9.17) is 0 Å². The number of carbonyl (C=O) groups is 1. The standard InChI is InChI=1S/C15H15NO3/c17-10-13-5-2-1-4-12(13)9-16-15(19)11-6-3-7-14(18)8-11/h1-8,17-18H,9-10H2,(H,16,19). The normalized spacial score (nSPS) is 10.2. The van der Waals surface area contributed by atoms with Crippen molar-refractivity contribution < 1.29 is 15.0 Å². The predicted molar refractivity (Wildman–Crippen MR) is 71.6 cm³/mol. The lowest BCUT2D eigenvalue weighted by molar-refractivity contribution is 0.0950. The van der Waals surface area contributed by atoms with Gasteiger partial charge in [0.2, 0.25) is 0 Å². The fourth-order valence-electron chi connectivity index (χ4n) is 1.81. The van der Waals surface area contributed by atoms with E-state index in [1.54, 1.807) is 12.1 Å². The van der Waals surface area contributed by atoms with Crippen molar-refractivity contribution in [3.8, 4) is 5.75 Å². The molecule has 0 spiro atoms. The number of phenols is 1. The molecular weight excluding hydrogens is 242 g/mol. The molecule has 0 bridgehead atoms. The summed E-state index contributed by atoms with van der Waals surface area (Å²) in [6.07, 6.45) is 0. The molecule has 0 fully saturated rings. The second-order valence-electron chi connectivity index (χ2n) is 4.16. The molecule has 0 unspecified atom stereocenters. The number of hydrogen-bond acceptors (Lipinski definition) is 3. The molecule has 1 amide bonds. The Morgan fingerprint density at radius 2 is 1.79 bits per heavy atom. The molecule has 19 heavy (non-hydrogen) atoms. The highest BCUT2D eigenvalue weighted by molar-refractivity contribution is 5.94. The van der Waals surface area contributed by atoms with Crippen LogP contribution in [0.25, 0.3) is 0 Å². The Bertz CT molecular complexity index is 581. The van der Waals surface area contributed by atoms with Crippen LogP contribution in [0.5, 0.6) is 5.75 Å². The van der Waals surface area contributed by atoms with Crippen molar-refractivity contribution in [2.45, 2.75) is 13.2 Å². The van der Waals surface area contributed by atoms with Crippen LogP contribution in [-0.4, -0.2) is 16.1 Å². The quantitative estimate of drug-likeness (QED) is 0.782. The van der Waals surface area contributed by atoms with Crippen LogP contribution in [-0.2, 0) is 13.2 Å². The van der Waals surface area contributed by atoms with E-state index in [0.29, 0.717) is 12.1 Å². The molecule has 0 aliphatic rings. The van der Waals surface area contributed by atoms with Gasteiger partial charge < -0.3 is 15.5 Å². The molecule has 0 aliphatic carbocycles. The van der Waals surface area contributed by atoms with E-state index in [-0.39, 0.29) is 18.3 Å². The second kappa shape index (κ2) is 6.02. The second-order valence-corrected chi connectivity index (χ2v) is 4.16. The number of rotatable bonds is 4. The van der Waals surface area contributed by atoms with Crippen molar-refractivity contribution in [3.05, 3.63) is 65.2 Å². The van der Waals surface area contributed by atoms with Gasteiger partial charge in [-0.2, -0.15) is 0 Å². The van der Waals surface area contributed by atoms with E-state index < -0.39 is 0 Å². The Kier molecular flexibility index (Phi) is 4.15. The highest BCUT2D eigenvalue weighted by atomic mass is 16.3. The summed E-state index contributed by atoms with van der Waals surface area (Å²) in [7, 11) is 0. The molecule has 2 aromatic carbocycles. The number of aromatic hydroxyl groups is 1. The van der Waals surface area contributed by atoms with Crippen LogP contribution in [0.1, 0.15) is 21.5 Å². The van der Waals surface area contributed by atoms with Crippen molar-refractivity contribution in [1.29, 1.82) is 0 Å². The summed E-state index contributed by atoms with van der Waals surface area (Å²) in [5.41, 5.74) is 2.07. The van der Waals surface area contributed by atoms with Crippen molar-refractivity contribution in [3.63, 3.8) is 0 Å². The minimum atomic E-state index is -0.261. The minimum Gasteiger partial charge on any atom is -0.508 e. The molecule has 98 valence electrons. The van der Waals surface area contributed by atoms with Gasteiger partial charge in [-0.3, -0.25) is 4.79 Å². The van der Waals surface area contributed by atoms with Crippen molar-refractivity contribution in [1.82, 2.24) is 5.32 Å². The summed E-state index contributed by atoms with van der Waals surface area (Å²) in [6, 6.07) is 13.5. The Morgan fingerprint density at radius 3 is 2.47 bits per heavy atom. The van der Waals surface area contributed by atoms with Gasteiger partial charge in [0.15, 0.2) is 0 Å². The number of aliphatic hydroxyl groups is 1. The summed E-state index contributed by atoms with van der Waals surface area (Å²) in [4.78, 5) is 11.9. The van der Waals surface area contributed by atoms with Crippen LogP contribution in [0.3, 0.4) is 0 Å². The zero-order chi connectivity index (χ0) is 13.7. The Hall–Kier alpha value is -2.33. The SMILES string of the molecule is O=C(NCc1ccccc1CO)c1cccc(O)c1. The first-order chi connectivity index (χ1) is 9.20. The van der Waals surface area contributed by atoms with Gasteiger partial charge in [0.25, 0.3) is 5.91 Å². The highest BCUT2D eigenvalue weighted by Crippen LogP contribution is 2.12. The first-order valence-corrected chi connectivity index (χ1v) is 5.95. The maximum atomic E-state index is 11.9. The van der Waals surface area contributed by atoms with Crippen LogP contribution in [0.2, 0.25) is 0 Å². The summed E-state index contributed by atoms with van der Waals surface area (Å²) >= 11 is 0. The van der Waals surface area contributed by atoms with Gasteiger partial charge in [0.05, 0.1) is 6.61 Å². The number of phenolic OH excluding ortho intramolecular Hbond substituents is 1. The third-order valence-corrected chi connectivity index (χ3v) is 2.84. The van der Waals surface area contributed by atoms with Gasteiger partial charge in [0, 0.05) is 12.1 Å². The van der Waals surface area contributed by atoms with Crippen LogP contribution in [0, 0.1) is 0 Å². The number of hydrogen-bond donors (Lipinski definition) is 3. The molecule has 4 nitrogen and oxygen atoms in total. The van der Waals surface area contributed by atoms with E-state index in [0.717, 1.165) is 11.1 Å². The first kappa shape index (κ1) is 13.1. The lowest BCUT2D eigenvalue weighted by Crippen LogP contribution is -2.23. The van der Waals surface area contributed by atoms with Crippen LogP contribution in [0.4, 0.5) is 0 Å². The van der Waals surface area contributed by atoms with Gasteiger partial charge in [-0.05, 0) is 29.3 Å². The molecule has 3 N–H and O–H groups in total. The molecule has 0 aliphatic heterocycles. The van der Waals surface area contributed by atoms with Crippen molar-refractivity contribution >= 4 is 5.91 Å². The summed E-state index contributed by atoms with van der Waals surface area (Å²) < 4.78 is 0. The monoisotopic (exact) mass is 257 g/mol. The number of nitrogens with one attached hydrogen (secondary N) is 1. The fourth-order valence-corrected chi connectivity index (χ4v) is 1.81. The molecule has 0 radical (unpaired) electrons. The fraction of sp³-hybridized carbons (Fsp3) is 0.133. The maximum absolute atomic E-state index is 11.9. The molecule has 0 saturated carbocycles. The van der Waals surface area contributed by atoms with Crippen LogP contribution >= 0.6 is 0 Å². The molecule has 0 aromatic heterocycles. The van der Waals surface area contributed by atoms with Gasteiger partial charge in [-0.15, -0.1) is 0 Å². The summed E-state index contributed by atoms with van der Waals surface area (Å²) in [5, 5.41) is 21.3. The van der Waals surface area contributed by atoms with E-state index in [2.05, 4.69) is 5.32 Å². The molecule has 4 heteroatoms. The van der Waals surface area contributed by atoms with Gasteiger partial charge in [0.1, 0.15) is 5.75 Å². The Morgan fingerprint density at radius 1 is 1.05 bits per heavy atom.